The molecule has 2 N–H and O–H groups in total. The van der Waals surface area contributed by atoms with Crippen molar-refractivity contribution in [1.82, 2.24) is 5.32 Å². The van der Waals surface area contributed by atoms with E-state index in [9.17, 15) is 4.79 Å². The number of nitrogens with one attached hydrogen (secondary N) is 1. The maximum Gasteiger partial charge on any atom is 0.244 e. The highest BCUT2D eigenvalue weighted by molar-refractivity contribution is 6.42. The number of hydrogen-bond donors (Lipinski definition) is 2. The number of halogens is 2. The molecule has 92 valence electrons. The van der Waals surface area contributed by atoms with Gasteiger partial charge in [0.25, 0.3) is 0 Å². The van der Waals surface area contributed by atoms with E-state index in [-0.39, 0.29) is 18.6 Å². The first-order chi connectivity index (χ1) is 8.04. The van der Waals surface area contributed by atoms with Gasteiger partial charge in [-0.25, -0.2) is 0 Å². The molecule has 1 amide bonds. The molecule has 0 heterocycles. The zero-order chi connectivity index (χ0) is 12.8. The molecule has 0 aromatic heterocycles. The summed E-state index contributed by atoms with van der Waals surface area (Å²) in [6, 6.07) is 4.91. The van der Waals surface area contributed by atoms with Crippen LogP contribution in [0.5, 0.6) is 0 Å². The third-order valence-electron chi connectivity index (χ3n) is 2.06. The average molecular weight is 274 g/mol. The molecule has 1 aromatic carbocycles. The number of carbonyl (C=O) groups is 1. The third kappa shape index (κ3) is 4.38. The van der Waals surface area contributed by atoms with Crippen molar-refractivity contribution in [3.05, 3.63) is 39.9 Å². The van der Waals surface area contributed by atoms with Crippen LogP contribution in [-0.2, 0) is 4.79 Å². The minimum absolute atomic E-state index is 0.0997. The van der Waals surface area contributed by atoms with Crippen molar-refractivity contribution in [2.45, 2.75) is 13.0 Å². The van der Waals surface area contributed by atoms with E-state index in [1.165, 1.54) is 6.08 Å². The van der Waals surface area contributed by atoms with Crippen LogP contribution in [0.25, 0.3) is 6.08 Å². The number of rotatable bonds is 4. The highest BCUT2D eigenvalue weighted by atomic mass is 35.5. The van der Waals surface area contributed by atoms with Crippen molar-refractivity contribution < 1.29 is 9.90 Å². The van der Waals surface area contributed by atoms with Gasteiger partial charge < -0.3 is 10.4 Å². The van der Waals surface area contributed by atoms with E-state index in [1.807, 2.05) is 0 Å². The van der Waals surface area contributed by atoms with Crippen LogP contribution >= 0.6 is 23.2 Å². The quantitative estimate of drug-likeness (QED) is 0.829. The summed E-state index contributed by atoms with van der Waals surface area (Å²) in [4.78, 5) is 11.4. The Hall–Kier alpha value is -1.03. The van der Waals surface area contributed by atoms with E-state index in [4.69, 9.17) is 28.3 Å². The van der Waals surface area contributed by atoms with Gasteiger partial charge in [-0.05, 0) is 24.6 Å². The Kier molecular flexibility index (Phi) is 5.48. The Labute approximate surface area is 110 Å². The molecule has 0 saturated carbocycles. The zero-order valence-corrected chi connectivity index (χ0v) is 10.8. The van der Waals surface area contributed by atoms with Gasteiger partial charge in [0, 0.05) is 12.1 Å². The first kappa shape index (κ1) is 14.0. The molecule has 0 spiro atoms. The molecule has 0 aliphatic carbocycles. The molecular formula is C12H13Cl2NO2. The van der Waals surface area contributed by atoms with Crippen molar-refractivity contribution in [3.63, 3.8) is 0 Å². The Morgan fingerprint density at radius 2 is 2.24 bits per heavy atom. The molecule has 0 fully saturated rings. The molecule has 1 aromatic rings. The van der Waals surface area contributed by atoms with Crippen LogP contribution in [-0.4, -0.2) is 23.7 Å². The standard InChI is InChI=1S/C12H13Cl2NO2/c1-8(7-16)15-11(17)6-5-9-3-2-4-10(13)12(9)14/h2-6,8,16H,7H2,1H3,(H,15,17)/b6-5+. The highest BCUT2D eigenvalue weighted by Gasteiger charge is 2.04. The summed E-state index contributed by atoms with van der Waals surface area (Å²) in [5.74, 6) is -0.289. The van der Waals surface area contributed by atoms with Crippen LogP contribution < -0.4 is 5.32 Å². The van der Waals surface area contributed by atoms with Crippen LogP contribution in [0.4, 0.5) is 0 Å². The Morgan fingerprint density at radius 1 is 1.53 bits per heavy atom. The monoisotopic (exact) mass is 273 g/mol. The minimum atomic E-state index is -0.289. The van der Waals surface area contributed by atoms with Gasteiger partial charge in [0.05, 0.1) is 16.7 Å². The van der Waals surface area contributed by atoms with Crippen LogP contribution in [0.3, 0.4) is 0 Å². The fourth-order valence-corrected chi connectivity index (χ4v) is 1.52. The van der Waals surface area contributed by atoms with Gasteiger partial charge in [0.1, 0.15) is 0 Å². The molecule has 0 aliphatic rings. The van der Waals surface area contributed by atoms with Crippen LogP contribution in [0.1, 0.15) is 12.5 Å². The van der Waals surface area contributed by atoms with Crippen molar-refractivity contribution >= 4 is 35.2 Å². The summed E-state index contributed by atoms with van der Waals surface area (Å²) in [6.07, 6.45) is 2.93. The Balaban J connectivity index is 2.71. The summed E-state index contributed by atoms with van der Waals surface area (Å²) >= 11 is 11.8. The first-order valence-corrected chi connectivity index (χ1v) is 5.83. The lowest BCUT2D eigenvalue weighted by Gasteiger charge is -2.07. The number of hydrogen-bond acceptors (Lipinski definition) is 2. The van der Waals surface area contributed by atoms with Crippen molar-refractivity contribution in [3.8, 4) is 0 Å². The molecule has 5 heteroatoms. The van der Waals surface area contributed by atoms with Crippen LogP contribution in [0.15, 0.2) is 24.3 Å². The molecular weight excluding hydrogens is 261 g/mol. The minimum Gasteiger partial charge on any atom is -0.394 e. The van der Waals surface area contributed by atoms with Gasteiger partial charge >= 0.3 is 0 Å². The summed E-state index contributed by atoms with van der Waals surface area (Å²) in [5, 5.41) is 12.2. The van der Waals surface area contributed by atoms with E-state index in [2.05, 4.69) is 5.32 Å². The van der Waals surface area contributed by atoms with Gasteiger partial charge in [-0.2, -0.15) is 0 Å². The fourth-order valence-electron chi connectivity index (χ4n) is 1.15. The molecule has 1 unspecified atom stereocenters. The predicted molar refractivity (Wildman–Crippen MR) is 70.2 cm³/mol. The molecule has 0 aliphatic heterocycles. The van der Waals surface area contributed by atoms with Crippen molar-refractivity contribution in [2.24, 2.45) is 0 Å². The molecule has 17 heavy (non-hydrogen) atoms. The number of amides is 1. The van der Waals surface area contributed by atoms with Crippen molar-refractivity contribution in [2.75, 3.05) is 6.61 Å². The van der Waals surface area contributed by atoms with Gasteiger partial charge in [0.2, 0.25) is 5.91 Å². The van der Waals surface area contributed by atoms with Gasteiger partial charge in [-0.3, -0.25) is 4.79 Å². The van der Waals surface area contributed by atoms with E-state index in [0.717, 1.165) is 0 Å². The summed E-state index contributed by atoms with van der Waals surface area (Å²) < 4.78 is 0. The maximum absolute atomic E-state index is 11.4. The maximum atomic E-state index is 11.4. The molecule has 0 saturated heterocycles. The van der Waals surface area contributed by atoms with E-state index >= 15 is 0 Å². The van der Waals surface area contributed by atoms with E-state index in [1.54, 1.807) is 31.2 Å². The number of aliphatic hydroxyl groups excluding tert-OH is 1. The average Bonchev–Trinajstić information content (AvgIpc) is 2.31. The highest BCUT2D eigenvalue weighted by Crippen LogP contribution is 2.26. The molecule has 0 radical (unpaired) electrons. The summed E-state index contributed by atoms with van der Waals surface area (Å²) in [5.41, 5.74) is 0.672. The van der Waals surface area contributed by atoms with Gasteiger partial charge in [-0.1, -0.05) is 35.3 Å². The molecule has 3 nitrogen and oxygen atoms in total. The topological polar surface area (TPSA) is 49.3 Å². The van der Waals surface area contributed by atoms with Gasteiger partial charge in [0.15, 0.2) is 0 Å². The van der Waals surface area contributed by atoms with Crippen LogP contribution in [0.2, 0.25) is 10.0 Å². The second-order valence-corrected chi connectivity index (χ2v) is 4.35. The SMILES string of the molecule is CC(CO)NC(=O)/C=C/c1cccc(Cl)c1Cl. The smallest absolute Gasteiger partial charge is 0.244 e. The number of benzene rings is 1. The fraction of sp³-hybridized carbons (Fsp3) is 0.250. The van der Waals surface area contributed by atoms with Gasteiger partial charge in [-0.15, -0.1) is 0 Å². The second kappa shape index (κ2) is 6.64. The normalized spacial score (nSPS) is 12.7. The van der Waals surface area contributed by atoms with Crippen LogP contribution in [0, 0.1) is 0 Å². The third-order valence-corrected chi connectivity index (χ3v) is 2.89. The Morgan fingerprint density at radius 3 is 2.88 bits per heavy atom. The lowest BCUT2D eigenvalue weighted by Crippen LogP contribution is -2.33. The lowest BCUT2D eigenvalue weighted by molar-refractivity contribution is -0.117. The largest absolute Gasteiger partial charge is 0.394 e. The summed E-state index contributed by atoms with van der Waals surface area (Å²) in [6.45, 7) is 1.61. The number of carbonyl (C=O) groups excluding carboxylic acids is 1. The summed E-state index contributed by atoms with van der Waals surface area (Å²) in [7, 11) is 0. The molecule has 0 bridgehead atoms. The van der Waals surface area contributed by atoms with Crippen molar-refractivity contribution in [1.29, 1.82) is 0 Å². The molecule has 1 atom stereocenters. The molecule has 1 rings (SSSR count). The predicted octanol–water partition coefficient (Wildman–Crippen LogP) is 2.50. The second-order valence-electron chi connectivity index (χ2n) is 3.57. The van der Waals surface area contributed by atoms with E-state index < -0.39 is 0 Å². The van der Waals surface area contributed by atoms with E-state index in [0.29, 0.717) is 15.6 Å². The Bertz CT molecular complexity index is 433. The lowest BCUT2D eigenvalue weighted by atomic mass is 10.2. The first-order valence-electron chi connectivity index (χ1n) is 5.08. The number of aliphatic hydroxyl groups is 1. The zero-order valence-electron chi connectivity index (χ0n) is 9.28.